The first-order valence-corrected chi connectivity index (χ1v) is 6.21. The van der Waals surface area contributed by atoms with Gasteiger partial charge in [-0.25, -0.2) is 0 Å². The van der Waals surface area contributed by atoms with Crippen LogP contribution >= 0.6 is 0 Å². The number of rotatable bonds is 6. The standard InChI is InChI=1S/C14H16N2O3/c1-2-13(14-4-3-9-19-14)15-10-11-5-7-12(8-6-11)16(17)18/h3-9,13,15H,2,10H2,1H3. The second-order valence-electron chi connectivity index (χ2n) is 4.28. The van der Waals surface area contributed by atoms with E-state index in [-0.39, 0.29) is 11.7 Å². The number of nitro benzene ring substituents is 1. The van der Waals surface area contributed by atoms with Crippen LogP contribution in [0.15, 0.2) is 47.1 Å². The number of nitro groups is 1. The summed E-state index contributed by atoms with van der Waals surface area (Å²) in [5.41, 5.74) is 1.12. The highest BCUT2D eigenvalue weighted by Gasteiger charge is 2.11. The molecule has 0 saturated heterocycles. The van der Waals surface area contributed by atoms with Crippen LogP contribution in [-0.2, 0) is 6.54 Å². The Bertz CT molecular complexity index is 520. The Morgan fingerprint density at radius 1 is 1.32 bits per heavy atom. The third kappa shape index (κ3) is 3.42. The van der Waals surface area contributed by atoms with Crippen molar-refractivity contribution in [1.29, 1.82) is 0 Å². The molecule has 0 aliphatic rings. The summed E-state index contributed by atoms with van der Waals surface area (Å²) in [7, 11) is 0. The lowest BCUT2D eigenvalue weighted by Crippen LogP contribution is -2.19. The van der Waals surface area contributed by atoms with Gasteiger partial charge in [-0.2, -0.15) is 0 Å². The van der Waals surface area contributed by atoms with Crippen LogP contribution in [0.3, 0.4) is 0 Å². The summed E-state index contributed by atoms with van der Waals surface area (Å²) >= 11 is 0. The number of benzene rings is 1. The van der Waals surface area contributed by atoms with Gasteiger partial charge in [-0.1, -0.05) is 19.1 Å². The van der Waals surface area contributed by atoms with Crippen LogP contribution in [0.1, 0.15) is 30.7 Å². The van der Waals surface area contributed by atoms with Gasteiger partial charge in [-0.05, 0) is 24.1 Å². The monoisotopic (exact) mass is 260 g/mol. The minimum Gasteiger partial charge on any atom is -0.468 e. The summed E-state index contributed by atoms with van der Waals surface area (Å²) < 4.78 is 5.37. The molecule has 0 aliphatic heterocycles. The van der Waals surface area contributed by atoms with E-state index in [9.17, 15) is 10.1 Å². The van der Waals surface area contributed by atoms with Crippen molar-refractivity contribution in [3.8, 4) is 0 Å². The van der Waals surface area contributed by atoms with Crippen LogP contribution in [0.5, 0.6) is 0 Å². The minimum atomic E-state index is -0.394. The minimum absolute atomic E-state index is 0.113. The molecule has 1 heterocycles. The van der Waals surface area contributed by atoms with E-state index in [0.29, 0.717) is 6.54 Å². The van der Waals surface area contributed by atoms with Gasteiger partial charge in [0.05, 0.1) is 17.2 Å². The van der Waals surface area contributed by atoms with Crippen LogP contribution < -0.4 is 5.32 Å². The van der Waals surface area contributed by atoms with E-state index in [0.717, 1.165) is 17.7 Å². The highest BCUT2D eigenvalue weighted by Crippen LogP contribution is 2.18. The van der Waals surface area contributed by atoms with Crippen LogP contribution in [0.2, 0.25) is 0 Å². The zero-order valence-electron chi connectivity index (χ0n) is 10.7. The molecular formula is C14H16N2O3. The maximum absolute atomic E-state index is 10.6. The predicted molar refractivity (Wildman–Crippen MR) is 71.7 cm³/mol. The van der Waals surface area contributed by atoms with Crippen LogP contribution in [-0.4, -0.2) is 4.92 Å². The fourth-order valence-electron chi connectivity index (χ4n) is 1.91. The molecule has 0 radical (unpaired) electrons. The topological polar surface area (TPSA) is 68.3 Å². The number of nitrogens with zero attached hydrogens (tertiary/aromatic N) is 1. The second-order valence-corrected chi connectivity index (χ2v) is 4.28. The lowest BCUT2D eigenvalue weighted by atomic mass is 10.1. The number of non-ortho nitro benzene ring substituents is 1. The van der Waals surface area contributed by atoms with Gasteiger partial charge in [0.1, 0.15) is 5.76 Å². The number of hydrogen-bond acceptors (Lipinski definition) is 4. The Morgan fingerprint density at radius 2 is 2.05 bits per heavy atom. The Morgan fingerprint density at radius 3 is 2.58 bits per heavy atom. The SMILES string of the molecule is CCC(NCc1ccc([N+](=O)[O-])cc1)c1ccco1. The Kier molecular flexibility index (Phi) is 4.30. The van der Waals surface area contributed by atoms with E-state index < -0.39 is 4.92 Å². The molecule has 1 atom stereocenters. The molecule has 0 aliphatic carbocycles. The van der Waals surface area contributed by atoms with Crippen LogP contribution in [0, 0.1) is 10.1 Å². The van der Waals surface area contributed by atoms with Crippen molar-refractivity contribution in [1.82, 2.24) is 5.32 Å². The smallest absolute Gasteiger partial charge is 0.269 e. The van der Waals surface area contributed by atoms with E-state index in [1.165, 1.54) is 12.1 Å². The van der Waals surface area contributed by atoms with Gasteiger partial charge in [0.2, 0.25) is 0 Å². The van der Waals surface area contributed by atoms with Gasteiger partial charge in [-0.15, -0.1) is 0 Å². The van der Waals surface area contributed by atoms with Gasteiger partial charge in [0, 0.05) is 18.7 Å². The quantitative estimate of drug-likeness (QED) is 0.638. The average molecular weight is 260 g/mol. The zero-order chi connectivity index (χ0) is 13.7. The van der Waals surface area contributed by atoms with Crippen molar-refractivity contribution in [3.63, 3.8) is 0 Å². The van der Waals surface area contributed by atoms with Crippen molar-refractivity contribution >= 4 is 5.69 Å². The molecule has 2 aromatic rings. The van der Waals surface area contributed by atoms with Gasteiger partial charge >= 0.3 is 0 Å². The van der Waals surface area contributed by atoms with Crippen LogP contribution in [0.4, 0.5) is 5.69 Å². The van der Waals surface area contributed by atoms with E-state index in [1.54, 1.807) is 18.4 Å². The third-order valence-electron chi connectivity index (χ3n) is 2.99. The largest absolute Gasteiger partial charge is 0.468 e. The molecule has 5 heteroatoms. The first-order chi connectivity index (χ1) is 9.20. The van der Waals surface area contributed by atoms with E-state index in [2.05, 4.69) is 12.2 Å². The molecule has 19 heavy (non-hydrogen) atoms. The highest BCUT2D eigenvalue weighted by atomic mass is 16.6. The predicted octanol–water partition coefficient (Wildman–Crippen LogP) is 3.43. The van der Waals surface area contributed by atoms with E-state index >= 15 is 0 Å². The number of hydrogen-bond donors (Lipinski definition) is 1. The first kappa shape index (κ1) is 13.3. The van der Waals surface area contributed by atoms with Gasteiger partial charge in [0.15, 0.2) is 0 Å². The fraction of sp³-hybridized carbons (Fsp3) is 0.286. The van der Waals surface area contributed by atoms with Crippen molar-refractivity contribution in [2.45, 2.75) is 25.9 Å². The summed E-state index contributed by atoms with van der Waals surface area (Å²) in [6.07, 6.45) is 2.58. The molecule has 1 aromatic carbocycles. The number of furan rings is 1. The van der Waals surface area contributed by atoms with Crippen molar-refractivity contribution in [2.24, 2.45) is 0 Å². The normalized spacial score (nSPS) is 12.3. The molecule has 0 fully saturated rings. The van der Waals surface area contributed by atoms with Crippen molar-refractivity contribution < 1.29 is 9.34 Å². The summed E-state index contributed by atoms with van der Waals surface area (Å²) in [4.78, 5) is 10.2. The average Bonchev–Trinajstić information content (AvgIpc) is 2.94. The molecule has 0 bridgehead atoms. The summed E-state index contributed by atoms with van der Waals surface area (Å²) in [6, 6.07) is 10.5. The van der Waals surface area contributed by atoms with Gasteiger partial charge in [-0.3, -0.25) is 10.1 Å². The summed E-state index contributed by atoms with van der Waals surface area (Å²) in [5.74, 6) is 0.907. The molecule has 1 unspecified atom stereocenters. The zero-order valence-corrected chi connectivity index (χ0v) is 10.7. The fourth-order valence-corrected chi connectivity index (χ4v) is 1.91. The maximum Gasteiger partial charge on any atom is 0.269 e. The molecular weight excluding hydrogens is 244 g/mol. The number of nitrogens with one attached hydrogen (secondary N) is 1. The Hall–Kier alpha value is -2.14. The van der Waals surface area contributed by atoms with Crippen molar-refractivity contribution in [2.75, 3.05) is 0 Å². The lowest BCUT2D eigenvalue weighted by Gasteiger charge is -2.14. The summed E-state index contributed by atoms with van der Waals surface area (Å²) in [5, 5.41) is 13.9. The maximum atomic E-state index is 10.6. The van der Waals surface area contributed by atoms with E-state index in [1.807, 2.05) is 12.1 Å². The molecule has 1 N–H and O–H groups in total. The van der Waals surface area contributed by atoms with E-state index in [4.69, 9.17) is 4.42 Å². The van der Waals surface area contributed by atoms with Crippen molar-refractivity contribution in [3.05, 3.63) is 64.1 Å². The van der Waals surface area contributed by atoms with Gasteiger partial charge < -0.3 is 9.73 Å². The Labute approximate surface area is 111 Å². The highest BCUT2D eigenvalue weighted by molar-refractivity contribution is 5.32. The molecule has 5 nitrogen and oxygen atoms in total. The first-order valence-electron chi connectivity index (χ1n) is 6.21. The molecule has 0 amide bonds. The van der Waals surface area contributed by atoms with Crippen LogP contribution in [0.25, 0.3) is 0 Å². The molecule has 1 aromatic heterocycles. The molecule has 100 valence electrons. The molecule has 0 spiro atoms. The molecule has 2 rings (SSSR count). The summed E-state index contributed by atoms with van der Waals surface area (Å²) in [6.45, 7) is 2.73. The third-order valence-corrected chi connectivity index (χ3v) is 2.99. The molecule has 0 saturated carbocycles. The second kappa shape index (κ2) is 6.15. The Balaban J connectivity index is 1.96. The lowest BCUT2D eigenvalue weighted by molar-refractivity contribution is -0.384. The van der Waals surface area contributed by atoms with Gasteiger partial charge in [0.25, 0.3) is 5.69 Å².